The van der Waals surface area contributed by atoms with E-state index in [1.54, 1.807) is 12.1 Å². The van der Waals surface area contributed by atoms with E-state index in [1.807, 2.05) is 0 Å². The van der Waals surface area contributed by atoms with Crippen molar-refractivity contribution >= 4 is 12.0 Å². The normalized spacial score (nSPS) is 9.88. The Balaban J connectivity index is 2.92. The van der Waals surface area contributed by atoms with Crippen molar-refractivity contribution in [3.63, 3.8) is 0 Å². The van der Waals surface area contributed by atoms with E-state index in [1.165, 1.54) is 7.11 Å². The molecule has 0 radical (unpaired) electrons. The number of methoxy groups -OCH3 is 1. The fourth-order valence-electron chi connectivity index (χ4n) is 1.34. The highest BCUT2D eigenvalue weighted by molar-refractivity contribution is 5.80. The second-order valence-electron chi connectivity index (χ2n) is 3.46. The van der Waals surface area contributed by atoms with Crippen LogP contribution in [0.15, 0.2) is 12.1 Å². The number of aldehydes is 1. The van der Waals surface area contributed by atoms with Gasteiger partial charge in [0.05, 0.1) is 19.4 Å². The molecule has 0 aliphatic rings. The number of rotatable bonds is 6. The Labute approximate surface area is 95.3 Å². The van der Waals surface area contributed by atoms with Gasteiger partial charge < -0.3 is 15.2 Å². The summed E-state index contributed by atoms with van der Waals surface area (Å²) in [5.74, 6) is 1.01. The molecule has 0 atom stereocenters. The van der Waals surface area contributed by atoms with Gasteiger partial charge >= 0.3 is 0 Å². The minimum Gasteiger partial charge on any atom is -0.493 e. The number of carbonyl (C=O) groups excluding carboxylic acids is 1. The van der Waals surface area contributed by atoms with Gasteiger partial charge in [0.15, 0.2) is 11.5 Å². The minimum absolute atomic E-state index is 0.428. The number of anilines is 1. The van der Waals surface area contributed by atoms with Crippen LogP contribution in [-0.4, -0.2) is 20.0 Å². The van der Waals surface area contributed by atoms with E-state index in [0.717, 1.165) is 19.1 Å². The maximum absolute atomic E-state index is 10.6. The Bertz CT molecular complexity index is 364. The first-order chi connectivity index (χ1) is 7.72. The Morgan fingerprint density at radius 1 is 1.44 bits per heavy atom. The second-order valence-corrected chi connectivity index (χ2v) is 3.46. The summed E-state index contributed by atoms with van der Waals surface area (Å²) >= 11 is 0. The molecule has 88 valence electrons. The highest BCUT2D eigenvalue weighted by atomic mass is 16.5. The van der Waals surface area contributed by atoms with Crippen LogP contribution < -0.4 is 15.2 Å². The molecule has 0 aromatic heterocycles. The van der Waals surface area contributed by atoms with Crippen LogP contribution in [0.4, 0.5) is 5.69 Å². The lowest BCUT2D eigenvalue weighted by molar-refractivity contribution is 0.112. The van der Waals surface area contributed by atoms with E-state index in [-0.39, 0.29) is 0 Å². The van der Waals surface area contributed by atoms with Crippen LogP contribution in [0.2, 0.25) is 0 Å². The maximum Gasteiger partial charge on any atom is 0.184 e. The average Bonchev–Trinajstić information content (AvgIpc) is 2.30. The largest absolute Gasteiger partial charge is 0.493 e. The van der Waals surface area contributed by atoms with Gasteiger partial charge in [-0.3, -0.25) is 4.79 Å². The summed E-state index contributed by atoms with van der Waals surface area (Å²) in [7, 11) is 1.52. The zero-order valence-electron chi connectivity index (χ0n) is 9.66. The third-order valence-corrected chi connectivity index (χ3v) is 2.21. The number of nitrogens with two attached hydrogens (primary N) is 1. The highest BCUT2D eigenvalue weighted by Gasteiger charge is 2.10. The monoisotopic (exact) mass is 223 g/mol. The molecule has 0 spiro atoms. The lowest BCUT2D eigenvalue weighted by Gasteiger charge is -2.13. The van der Waals surface area contributed by atoms with E-state index in [0.29, 0.717) is 29.4 Å². The second kappa shape index (κ2) is 6.00. The molecule has 0 aliphatic carbocycles. The Hall–Kier alpha value is -1.71. The fourth-order valence-corrected chi connectivity index (χ4v) is 1.34. The molecule has 1 aromatic rings. The van der Waals surface area contributed by atoms with E-state index in [2.05, 4.69) is 6.92 Å². The first kappa shape index (κ1) is 12.4. The topological polar surface area (TPSA) is 61.5 Å². The molecule has 0 unspecified atom stereocenters. The summed E-state index contributed by atoms with van der Waals surface area (Å²) in [6, 6.07) is 3.20. The summed E-state index contributed by atoms with van der Waals surface area (Å²) in [6.07, 6.45) is 2.74. The van der Waals surface area contributed by atoms with E-state index in [4.69, 9.17) is 15.2 Å². The van der Waals surface area contributed by atoms with E-state index < -0.39 is 0 Å². The van der Waals surface area contributed by atoms with Gasteiger partial charge in [0, 0.05) is 5.56 Å². The fraction of sp³-hybridized carbons (Fsp3) is 0.417. The molecule has 0 saturated heterocycles. The number of carbonyl (C=O) groups is 1. The van der Waals surface area contributed by atoms with Crippen LogP contribution in [-0.2, 0) is 0 Å². The summed E-state index contributed by atoms with van der Waals surface area (Å²) in [6.45, 7) is 2.68. The third kappa shape index (κ3) is 2.89. The van der Waals surface area contributed by atoms with Crippen molar-refractivity contribution in [1.29, 1.82) is 0 Å². The molecule has 0 fully saturated rings. The molecule has 16 heavy (non-hydrogen) atoms. The standard InChI is InChI=1S/C12H17NO3/c1-3-4-5-16-12-10(13)6-9(8-14)7-11(12)15-2/h6-8H,3-5,13H2,1-2H3. The lowest BCUT2D eigenvalue weighted by atomic mass is 10.2. The van der Waals surface area contributed by atoms with Gasteiger partial charge in [0.25, 0.3) is 0 Å². The summed E-state index contributed by atoms with van der Waals surface area (Å²) < 4.78 is 10.7. The number of unbranched alkanes of at least 4 members (excludes halogenated alkanes) is 1. The molecule has 2 N–H and O–H groups in total. The molecule has 1 aromatic carbocycles. The van der Waals surface area contributed by atoms with Gasteiger partial charge in [-0.2, -0.15) is 0 Å². The summed E-state index contributed by atoms with van der Waals surface area (Å²) in [5, 5.41) is 0. The number of hydrogen-bond donors (Lipinski definition) is 1. The van der Waals surface area contributed by atoms with Crippen LogP contribution in [0.1, 0.15) is 30.1 Å². The molecular formula is C12H17NO3. The Kier molecular flexibility index (Phi) is 4.64. The molecule has 0 heterocycles. The first-order valence-electron chi connectivity index (χ1n) is 5.28. The predicted octanol–water partition coefficient (Wildman–Crippen LogP) is 2.27. The zero-order chi connectivity index (χ0) is 12.0. The number of nitrogen functional groups attached to an aromatic ring is 1. The molecule has 1 rings (SSSR count). The van der Waals surface area contributed by atoms with Crippen molar-refractivity contribution in [2.75, 3.05) is 19.5 Å². The van der Waals surface area contributed by atoms with Crippen LogP contribution in [0.3, 0.4) is 0 Å². The van der Waals surface area contributed by atoms with Crippen molar-refractivity contribution in [1.82, 2.24) is 0 Å². The van der Waals surface area contributed by atoms with Gasteiger partial charge in [-0.1, -0.05) is 13.3 Å². The highest BCUT2D eigenvalue weighted by Crippen LogP contribution is 2.34. The SMILES string of the molecule is CCCCOc1c(N)cc(C=O)cc1OC. The first-order valence-corrected chi connectivity index (χ1v) is 5.28. The zero-order valence-corrected chi connectivity index (χ0v) is 9.66. The Morgan fingerprint density at radius 3 is 2.75 bits per heavy atom. The molecule has 4 nitrogen and oxygen atoms in total. The van der Waals surface area contributed by atoms with E-state index in [9.17, 15) is 4.79 Å². The van der Waals surface area contributed by atoms with Crippen molar-refractivity contribution in [2.24, 2.45) is 0 Å². The van der Waals surface area contributed by atoms with Crippen molar-refractivity contribution in [2.45, 2.75) is 19.8 Å². The van der Waals surface area contributed by atoms with Gasteiger partial charge in [-0.05, 0) is 18.6 Å². The maximum atomic E-state index is 10.6. The van der Waals surface area contributed by atoms with Crippen LogP contribution >= 0.6 is 0 Å². The molecule has 0 aliphatic heterocycles. The van der Waals surface area contributed by atoms with Crippen LogP contribution in [0.25, 0.3) is 0 Å². The number of benzene rings is 1. The van der Waals surface area contributed by atoms with Crippen molar-refractivity contribution in [3.05, 3.63) is 17.7 Å². The predicted molar refractivity (Wildman–Crippen MR) is 63.2 cm³/mol. The quantitative estimate of drug-likeness (QED) is 0.456. The van der Waals surface area contributed by atoms with Gasteiger partial charge in [0.1, 0.15) is 6.29 Å². The van der Waals surface area contributed by atoms with Crippen LogP contribution in [0, 0.1) is 0 Å². The third-order valence-electron chi connectivity index (χ3n) is 2.21. The Morgan fingerprint density at radius 2 is 2.19 bits per heavy atom. The summed E-state index contributed by atoms with van der Waals surface area (Å²) in [5.41, 5.74) is 6.70. The lowest BCUT2D eigenvalue weighted by Crippen LogP contribution is -2.03. The average molecular weight is 223 g/mol. The van der Waals surface area contributed by atoms with Crippen LogP contribution in [0.5, 0.6) is 11.5 Å². The molecular weight excluding hydrogens is 206 g/mol. The van der Waals surface area contributed by atoms with Gasteiger partial charge in [-0.25, -0.2) is 0 Å². The molecule has 0 amide bonds. The van der Waals surface area contributed by atoms with E-state index >= 15 is 0 Å². The van der Waals surface area contributed by atoms with Gasteiger partial charge in [0.2, 0.25) is 0 Å². The minimum atomic E-state index is 0.428. The molecule has 4 heteroatoms. The summed E-state index contributed by atoms with van der Waals surface area (Å²) in [4.78, 5) is 10.6. The molecule has 0 bridgehead atoms. The van der Waals surface area contributed by atoms with Gasteiger partial charge in [-0.15, -0.1) is 0 Å². The van der Waals surface area contributed by atoms with Crippen molar-refractivity contribution in [3.8, 4) is 11.5 Å². The number of hydrogen-bond acceptors (Lipinski definition) is 4. The smallest absolute Gasteiger partial charge is 0.184 e. The molecule has 0 saturated carbocycles. The number of ether oxygens (including phenoxy) is 2. The van der Waals surface area contributed by atoms with Crippen molar-refractivity contribution < 1.29 is 14.3 Å².